The van der Waals surface area contributed by atoms with E-state index in [-0.39, 0.29) is 69.4 Å². The fourth-order valence-electron chi connectivity index (χ4n) is 7.39. The molecule has 1 fully saturated rings. The number of likely N-dealkylation sites (tertiary alicyclic amines) is 1. The fraction of sp³-hybridized carbons (Fsp3) is 0.477. The van der Waals surface area contributed by atoms with E-state index in [1.165, 1.54) is 22.9 Å². The number of aromatic nitrogens is 2. The molecule has 4 atom stereocenters. The Bertz CT molecular complexity index is 2160. The molecule has 0 unspecified atom stereocenters. The minimum absolute atomic E-state index is 0.0234. The van der Waals surface area contributed by atoms with Crippen LogP contribution in [0.5, 0.6) is 0 Å². The maximum absolute atomic E-state index is 16.2. The van der Waals surface area contributed by atoms with Gasteiger partial charge in [0.1, 0.15) is 29.2 Å². The van der Waals surface area contributed by atoms with Crippen LogP contribution in [-0.2, 0) is 39.9 Å². The van der Waals surface area contributed by atoms with E-state index < -0.39 is 82.8 Å². The van der Waals surface area contributed by atoms with Crippen LogP contribution < -0.4 is 5.32 Å². The van der Waals surface area contributed by atoms with E-state index >= 15 is 8.78 Å². The lowest BCUT2D eigenvalue weighted by atomic mass is 9.79. The van der Waals surface area contributed by atoms with Gasteiger partial charge in [0.15, 0.2) is 6.10 Å². The molecule has 3 heterocycles. The molecule has 3 aromatic rings. The summed E-state index contributed by atoms with van der Waals surface area (Å²) < 4.78 is 64.3. The van der Waals surface area contributed by atoms with Gasteiger partial charge in [0.05, 0.1) is 24.9 Å². The van der Waals surface area contributed by atoms with E-state index in [0.717, 1.165) is 47.7 Å². The molecule has 62 heavy (non-hydrogen) atoms. The smallest absolute Gasteiger partial charge is 0.410 e. The van der Waals surface area contributed by atoms with Gasteiger partial charge < -0.3 is 33.9 Å². The highest BCUT2D eigenvalue weighted by atomic mass is 19.1. The lowest BCUT2D eigenvalue weighted by molar-refractivity contribution is -0.161. The molecule has 0 saturated carbocycles. The number of alkyl halides is 1. The lowest BCUT2D eigenvalue weighted by Gasteiger charge is -2.43. The van der Waals surface area contributed by atoms with E-state index in [9.17, 15) is 33.2 Å². The third kappa shape index (κ3) is 12.0. The second kappa shape index (κ2) is 19.7. The second-order valence-electron chi connectivity index (χ2n) is 17.0. The van der Waals surface area contributed by atoms with Gasteiger partial charge in [-0.25, -0.2) is 27.7 Å². The Balaban J connectivity index is 1.56. The fourth-order valence-corrected chi connectivity index (χ4v) is 7.39. The van der Waals surface area contributed by atoms with Crippen molar-refractivity contribution in [3.05, 3.63) is 89.9 Å². The average Bonchev–Trinajstić information content (AvgIpc) is 3.87. The summed E-state index contributed by atoms with van der Waals surface area (Å²) in [4.78, 5) is 85.1. The number of nitrogens with one attached hydrogen (secondary N) is 1. The van der Waals surface area contributed by atoms with Crippen LogP contribution in [0, 0.1) is 23.0 Å². The van der Waals surface area contributed by atoms with Crippen molar-refractivity contribution in [2.45, 2.75) is 85.4 Å². The quantitative estimate of drug-likeness (QED) is 0.103. The van der Waals surface area contributed by atoms with Gasteiger partial charge in [0.25, 0.3) is 17.7 Å². The van der Waals surface area contributed by atoms with Crippen LogP contribution in [0.2, 0.25) is 0 Å². The third-order valence-corrected chi connectivity index (χ3v) is 10.4. The van der Waals surface area contributed by atoms with Gasteiger partial charge in [-0.2, -0.15) is 0 Å². The molecule has 15 nitrogen and oxygen atoms in total. The zero-order valence-corrected chi connectivity index (χ0v) is 35.9. The van der Waals surface area contributed by atoms with Gasteiger partial charge in [0.2, 0.25) is 0 Å². The van der Waals surface area contributed by atoms with E-state index in [0.29, 0.717) is 0 Å². The molecule has 0 radical (unpaired) electrons. The number of alkyl carbamates (subject to hydrolysis) is 1. The summed E-state index contributed by atoms with van der Waals surface area (Å²) in [5.41, 5.74) is -1.38. The van der Waals surface area contributed by atoms with E-state index in [4.69, 9.17) is 19.2 Å². The Morgan fingerprint density at radius 1 is 0.984 bits per heavy atom. The minimum atomic E-state index is -1.62. The van der Waals surface area contributed by atoms with Gasteiger partial charge in [-0.3, -0.25) is 24.1 Å². The number of hydrogen-bond donors (Lipinski definition) is 1. The monoisotopic (exact) mass is 866 g/mol. The molecule has 1 N–H and O–H groups in total. The van der Waals surface area contributed by atoms with Gasteiger partial charge in [-0.1, -0.05) is 44.2 Å². The molecule has 0 spiro atoms. The van der Waals surface area contributed by atoms with Crippen LogP contribution in [0.15, 0.2) is 66.9 Å². The zero-order chi connectivity index (χ0) is 45.5. The summed E-state index contributed by atoms with van der Waals surface area (Å²) in [7, 11) is 0. The van der Waals surface area contributed by atoms with Crippen LogP contribution in [0.25, 0.3) is 11.3 Å². The molecular weight excluding hydrogens is 814 g/mol. The Kier molecular flexibility index (Phi) is 14.9. The summed E-state index contributed by atoms with van der Waals surface area (Å²) in [6.07, 6.45) is -0.813. The van der Waals surface area contributed by atoms with Crippen LogP contribution in [-0.4, -0.2) is 117 Å². The Morgan fingerprint density at radius 2 is 1.66 bits per heavy atom. The highest BCUT2D eigenvalue weighted by Gasteiger charge is 2.46. The van der Waals surface area contributed by atoms with Gasteiger partial charge in [-0.05, 0) is 63.3 Å². The molecule has 18 heteroatoms. The number of amides is 5. The van der Waals surface area contributed by atoms with Crippen molar-refractivity contribution in [2.24, 2.45) is 11.3 Å². The molecule has 0 aliphatic carbocycles. The molecule has 5 amide bonds. The Morgan fingerprint density at radius 3 is 2.31 bits per heavy atom. The molecule has 334 valence electrons. The molecule has 1 aromatic heterocycles. The first-order valence-corrected chi connectivity index (χ1v) is 20.2. The average molecular weight is 867 g/mol. The predicted molar refractivity (Wildman–Crippen MR) is 219 cm³/mol. The number of imide groups is 1. The number of nitrogens with zero attached hydrogens (tertiary/aromatic N) is 5. The van der Waals surface area contributed by atoms with Crippen LogP contribution in [0.4, 0.5) is 22.8 Å². The van der Waals surface area contributed by atoms with Crippen LogP contribution >= 0.6 is 0 Å². The second-order valence-corrected chi connectivity index (χ2v) is 17.0. The Labute approximate surface area is 358 Å². The highest BCUT2D eigenvalue weighted by molar-refractivity contribution is 6.12. The van der Waals surface area contributed by atoms with Crippen LogP contribution in [0.1, 0.15) is 72.3 Å². The largest absolute Gasteiger partial charge is 0.453 e. The topological polar surface area (TPSA) is 170 Å². The van der Waals surface area contributed by atoms with Crippen molar-refractivity contribution in [1.29, 1.82) is 0 Å². The number of imidazole rings is 1. The summed E-state index contributed by atoms with van der Waals surface area (Å²) in [6.45, 7) is 9.97. The van der Waals surface area contributed by atoms with Gasteiger partial charge >= 0.3 is 18.2 Å². The predicted octanol–water partition coefficient (Wildman–Crippen LogP) is 5.97. The summed E-state index contributed by atoms with van der Waals surface area (Å²) >= 11 is 0. The molecule has 2 aliphatic rings. The van der Waals surface area contributed by atoms with Crippen molar-refractivity contribution in [3.63, 3.8) is 0 Å². The number of carbonyl (C=O) groups excluding carboxylic acids is 6. The summed E-state index contributed by atoms with van der Waals surface area (Å²) in [5, 5.41) is 2.51. The summed E-state index contributed by atoms with van der Waals surface area (Å²) in [5.74, 6) is -4.82. The first kappa shape index (κ1) is 46.9. The minimum Gasteiger partial charge on any atom is -0.453 e. The number of halogens is 3. The summed E-state index contributed by atoms with van der Waals surface area (Å²) in [6, 6.07) is 10.9. The molecular formula is C44H53F3N6O9. The number of hydrogen-bond acceptors (Lipinski definition) is 10. The number of carbonyl (C=O) groups is 6. The molecule has 2 aliphatic heterocycles. The van der Waals surface area contributed by atoms with Crippen molar-refractivity contribution < 1.29 is 56.1 Å². The van der Waals surface area contributed by atoms with Gasteiger partial charge in [-0.15, -0.1) is 0 Å². The van der Waals surface area contributed by atoms with Crippen molar-refractivity contribution >= 4 is 35.9 Å². The number of rotatable bonds is 16. The first-order valence-electron chi connectivity index (χ1n) is 20.2. The third-order valence-electron chi connectivity index (χ3n) is 10.4. The van der Waals surface area contributed by atoms with E-state index in [1.54, 1.807) is 39.2 Å². The van der Waals surface area contributed by atoms with E-state index in [1.807, 2.05) is 30.3 Å². The number of benzene rings is 2. The highest BCUT2D eigenvalue weighted by Crippen LogP contribution is 2.43. The molecule has 5 rings (SSSR count). The van der Waals surface area contributed by atoms with Crippen molar-refractivity contribution in [3.8, 4) is 11.3 Å². The van der Waals surface area contributed by atoms with Crippen LogP contribution in [0.3, 0.4) is 0 Å². The number of esters is 1. The maximum Gasteiger partial charge on any atom is 0.410 e. The SMILES string of the molecule is CC(=O)O[C@@H](C)C(=O)N(C[C@@H]1CN(C(=O)OC(C)(C)C)C[C@@H]1F)[C@@H](c1nc(-c2cc(F)ccc2F)cn1Cc1ccccc1)C(C)(C)CCOC(=O)NCCN1C(=O)C=CC1=O. The van der Waals surface area contributed by atoms with E-state index in [2.05, 4.69) is 5.32 Å². The number of ether oxygens (including phenoxy) is 3. The van der Waals surface area contributed by atoms with Crippen molar-refractivity contribution in [2.75, 3.05) is 39.3 Å². The Hall–Kier alpha value is -6.20. The van der Waals surface area contributed by atoms with Crippen molar-refractivity contribution in [1.82, 2.24) is 29.6 Å². The molecule has 1 saturated heterocycles. The molecule has 0 bridgehead atoms. The lowest BCUT2D eigenvalue weighted by Crippen LogP contribution is -2.50. The normalized spacial score (nSPS) is 17.5. The first-order chi connectivity index (χ1) is 29.1. The maximum atomic E-state index is 16.2. The standard InChI is InChI=1S/C44H53F3N6O9/c1-27(61-28(2)54)40(57)53(24-30-23-51(25-34(30)47)42(59)62-43(3,4)5)38(44(6,7)17-20-60-41(58)48-18-19-52-36(55)15-16-37(52)56)39-49-35(32-21-31(45)13-14-33(32)46)26-50(39)22-29-11-9-8-10-12-29/h8-16,21,26-27,30,34,38H,17-20,22-25H2,1-7H3,(H,48,58)/t27-,30-,34-,38-/m0/s1. The van der Waals surface area contributed by atoms with Gasteiger partial charge in [0, 0.05) is 69.5 Å². The zero-order valence-electron chi connectivity index (χ0n) is 35.9. The molecule has 2 aromatic carbocycles.